The van der Waals surface area contributed by atoms with Crippen molar-refractivity contribution in [3.63, 3.8) is 0 Å². The van der Waals surface area contributed by atoms with Crippen molar-refractivity contribution in [2.45, 2.75) is 56.3 Å². The summed E-state index contributed by atoms with van der Waals surface area (Å²) < 4.78 is -3.67. The molecule has 0 amide bonds. The molecule has 1 aliphatic carbocycles. The Balaban J connectivity index is 2.21. The summed E-state index contributed by atoms with van der Waals surface area (Å²) in [5.41, 5.74) is 0. The molecule has 0 radical (unpaired) electrons. The third-order valence-electron chi connectivity index (χ3n) is 3.68. The van der Waals surface area contributed by atoms with E-state index < -0.39 is 12.9 Å². The Morgan fingerprint density at radius 2 is 1.36 bits per heavy atom. The van der Waals surface area contributed by atoms with Crippen LogP contribution in [0, 0.1) is 0 Å². The SMILES string of the molecule is ClC1(Cl)CCCCCCC(Cl)(SSc2ccccc2)C1(Cl)Cl. The van der Waals surface area contributed by atoms with Crippen LogP contribution in [0.5, 0.6) is 0 Å². The van der Waals surface area contributed by atoms with Crippen molar-refractivity contribution < 1.29 is 0 Å². The van der Waals surface area contributed by atoms with Crippen molar-refractivity contribution in [2.75, 3.05) is 0 Å². The summed E-state index contributed by atoms with van der Waals surface area (Å²) in [6, 6.07) is 9.98. The molecule has 0 aliphatic heterocycles. The van der Waals surface area contributed by atoms with Crippen molar-refractivity contribution >= 4 is 79.6 Å². The third-order valence-corrected chi connectivity index (χ3v) is 10.7. The number of halogens is 5. The van der Waals surface area contributed by atoms with Crippen LogP contribution in [-0.2, 0) is 0 Å². The van der Waals surface area contributed by atoms with Gasteiger partial charge in [-0.1, -0.05) is 112 Å². The maximum absolute atomic E-state index is 6.86. The van der Waals surface area contributed by atoms with Gasteiger partial charge in [0.1, 0.15) is 4.21 Å². The molecule has 1 fully saturated rings. The van der Waals surface area contributed by atoms with Gasteiger partial charge in [-0.3, -0.25) is 0 Å². The zero-order chi connectivity index (χ0) is 16.3. The summed E-state index contributed by atoms with van der Waals surface area (Å²) >= 11 is 33.1. The maximum atomic E-state index is 6.86. The summed E-state index contributed by atoms with van der Waals surface area (Å²) in [6.45, 7) is 0. The molecule has 0 heterocycles. The molecule has 124 valence electrons. The highest BCUT2D eigenvalue weighted by Gasteiger charge is 2.60. The van der Waals surface area contributed by atoms with E-state index in [1.165, 1.54) is 10.8 Å². The Hall–Kier alpha value is 1.37. The largest absolute Gasteiger partial charge is 0.179 e. The number of alkyl halides is 5. The Kier molecular flexibility index (Phi) is 7.31. The van der Waals surface area contributed by atoms with E-state index in [1.54, 1.807) is 10.8 Å². The predicted molar refractivity (Wildman–Crippen MR) is 105 cm³/mol. The Morgan fingerprint density at radius 1 is 0.773 bits per heavy atom. The second kappa shape index (κ2) is 8.17. The van der Waals surface area contributed by atoms with Gasteiger partial charge in [-0.05, 0) is 25.0 Å². The van der Waals surface area contributed by atoms with Gasteiger partial charge in [0.25, 0.3) is 0 Å². The molecule has 1 unspecified atom stereocenters. The monoisotopic (exact) mass is 436 g/mol. The average Bonchev–Trinajstić information content (AvgIpc) is 2.52. The molecule has 1 atom stereocenters. The molecule has 0 bridgehead atoms. The van der Waals surface area contributed by atoms with Crippen LogP contribution in [0.4, 0.5) is 0 Å². The van der Waals surface area contributed by atoms with Crippen LogP contribution in [0.3, 0.4) is 0 Å². The van der Waals surface area contributed by atoms with E-state index in [0.717, 1.165) is 30.6 Å². The van der Waals surface area contributed by atoms with Gasteiger partial charge >= 0.3 is 0 Å². The number of benzene rings is 1. The number of rotatable bonds is 3. The smallest absolute Gasteiger partial charge is 0.103 e. The molecule has 1 aliphatic rings. The van der Waals surface area contributed by atoms with E-state index in [1.807, 2.05) is 30.3 Å². The average molecular weight is 439 g/mol. The van der Waals surface area contributed by atoms with E-state index in [4.69, 9.17) is 58.0 Å². The highest BCUT2D eigenvalue weighted by Crippen LogP contribution is 2.63. The normalized spacial score (nSPS) is 28.4. The van der Waals surface area contributed by atoms with Crippen LogP contribution in [0.1, 0.15) is 38.5 Å². The van der Waals surface area contributed by atoms with Crippen molar-refractivity contribution in [1.82, 2.24) is 0 Å². The lowest BCUT2D eigenvalue weighted by atomic mass is 10.1. The lowest BCUT2D eigenvalue weighted by Crippen LogP contribution is -2.50. The van der Waals surface area contributed by atoms with Crippen molar-refractivity contribution in [2.24, 2.45) is 0 Å². The van der Waals surface area contributed by atoms with Crippen LogP contribution in [0.15, 0.2) is 35.2 Å². The predicted octanol–water partition coefficient (Wildman–Crippen LogP) is 8.06. The first-order valence-electron chi connectivity index (χ1n) is 7.14. The van der Waals surface area contributed by atoms with E-state index in [-0.39, 0.29) is 0 Å². The summed E-state index contributed by atoms with van der Waals surface area (Å²) in [7, 11) is 2.99. The molecule has 0 N–H and O–H groups in total. The lowest BCUT2D eigenvalue weighted by molar-refractivity contribution is 0.538. The van der Waals surface area contributed by atoms with Crippen LogP contribution in [-0.4, -0.2) is 12.9 Å². The van der Waals surface area contributed by atoms with E-state index in [9.17, 15) is 0 Å². The van der Waals surface area contributed by atoms with Gasteiger partial charge < -0.3 is 0 Å². The van der Waals surface area contributed by atoms with Crippen LogP contribution in [0.25, 0.3) is 0 Å². The van der Waals surface area contributed by atoms with Gasteiger partial charge in [0.15, 0.2) is 8.67 Å². The fourth-order valence-electron chi connectivity index (χ4n) is 2.32. The second-order valence-corrected chi connectivity index (χ2v) is 11.6. The van der Waals surface area contributed by atoms with Crippen LogP contribution >= 0.6 is 79.6 Å². The first-order valence-corrected chi connectivity index (χ1v) is 11.2. The van der Waals surface area contributed by atoms with Crippen molar-refractivity contribution in [3.05, 3.63) is 30.3 Å². The first-order chi connectivity index (χ1) is 10.3. The summed E-state index contributed by atoms with van der Waals surface area (Å²) in [4.78, 5) is 1.09. The first kappa shape index (κ1) is 19.7. The minimum Gasteiger partial charge on any atom is -0.103 e. The Bertz CT molecular complexity index is 480. The van der Waals surface area contributed by atoms with Gasteiger partial charge in [-0.25, -0.2) is 0 Å². The molecule has 0 saturated heterocycles. The van der Waals surface area contributed by atoms with Crippen molar-refractivity contribution in [1.29, 1.82) is 0 Å². The summed E-state index contributed by atoms with van der Waals surface area (Å²) in [5.74, 6) is 0. The minimum absolute atomic E-state index is 0.536. The number of hydrogen-bond donors (Lipinski definition) is 0. The fourth-order valence-corrected chi connectivity index (χ4v) is 7.23. The van der Waals surface area contributed by atoms with E-state index in [0.29, 0.717) is 12.8 Å². The minimum atomic E-state index is -1.44. The molecule has 1 saturated carbocycles. The molecular formula is C15H17Cl5S2. The van der Waals surface area contributed by atoms with Gasteiger partial charge in [0, 0.05) is 4.90 Å². The Labute approximate surface area is 165 Å². The molecule has 7 heteroatoms. The quantitative estimate of drug-likeness (QED) is 0.346. The van der Waals surface area contributed by atoms with E-state index in [2.05, 4.69) is 0 Å². The lowest BCUT2D eigenvalue weighted by Gasteiger charge is -2.43. The topological polar surface area (TPSA) is 0 Å². The standard InChI is InChI=1S/C15H17Cl5S2/c16-13(17)10-6-1-2-7-11-14(18,15(13,19)20)22-21-12-8-4-3-5-9-12/h3-5,8-9H,1-2,6-7,10-11H2. The fraction of sp³-hybridized carbons (Fsp3) is 0.600. The highest BCUT2D eigenvalue weighted by atomic mass is 35.5. The zero-order valence-electron chi connectivity index (χ0n) is 11.8. The van der Waals surface area contributed by atoms with Gasteiger partial charge in [0.05, 0.1) is 0 Å². The van der Waals surface area contributed by atoms with Gasteiger partial charge in [-0.15, -0.1) is 11.6 Å². The van der Waals surface area contributed by atoms with Gasteiger partial charge in [-0.2, -0.15) is 0 Å². The number of hydrogen-bond acceptors (Lipinski definition) is 2. The van der Waals surface area contributed by atoms with E-state index >= 15 is 0 Å². The zero-order valence-corrected chi connectivity index (χ0v) is 17.2. The summed E-state index contributed by atoms with van der Waals surface area (Å²) in [6.07, 6.45) is 5.20. The molecule has 2 rings (SSSR count). The molecule has 0 nitrogen and oxygen atoms in total. The second-order valence-electron chi connectivity index (χ2n) is 5.40. The maximum Gasteiger partial charge on any atom is 0.179 e. The third kappa shape index (κ3) is 4.50. The van der Waals surface area contributed by atoms with Crippen LogP contribution in [0.2, 0.25) is 0 Å². The molecule has 22 heavy (non-hydrogen) atoms. The molecule has 1 aromatic carbocycles. The highest BCUT2D eigenvalue weighted by molar-refractivity contribution is 8.77. The molecule has 0 aromatic heterocycles. The van der Waals surface area contributed by atoms with Crippen LogP contribution < -0.4 is 0 Å². The molecule has 0 spiro atoms. The van der Waals surface area contributed by atoms with Crippen molar-refractivity contribution in [3.8, 4) is 0 Å². The Morgan fingerprint density at radius 3 is 2.00 bits per heavy atom. The molecular weight excluding hydrogens is 422 g/mol. The summed E-state index contributed by atoms with van der Waals surface area (Å²) in [5, 5.41) is 0. The van der Waals surface area contributed by atoms with Gasteiger partial charge in [0.2, 0.25) is 0 Å². The molecule has 1 aromatic rings.